The fourth-order valence-corrected chi connectivity index (χ4v) is 2.81. The van der Waals surface area contributed by atoms with E-state index in [1.807, 2.05) is 6.92 Å². The maximum Gasteiger partial charge on any atom is 0.417 e. The Morgan fingerprint density at radius 2 is 1.86 bits per heavy atom. The van der Waals surface area contributed by atoms with Crippen LogP contribution in [-0.2, 0) is 12.8 Å². The number of benzene rings is 2. The van der Waals surface area contributed by atoms with Crippen molar-refractivity contribution in [2.24, 2.45) is 0 Å². The van der Waals surface area contributed by atoms with E-state index in [1.165, 1.54) is 18.2 Å². The molecule has 0 aliphatic rings. The Labute approximate surface area is 169 Å². The predicted molar refractivity (Wildman–Crippen MR) is 101 cm³/mol. The van der Waals surface area contributed by atoms with Gasteiger partial charge in [-0.15, -0.1) is 0 Å². The van der Waals surface area contributed by atoms with Gasteiger partial charge in [0.15, 0.2) is 0 Å². The molecular weight excluding hydrogens is 409 g/mol. The Morgan fingerprint density at radius 3 is 2.45 bits per heavy atom. The summed E-state index contributed by atoms with van der Waals surface area (Å²) >= 11 is 5.58. The molecule has 0 saturated heterocycles. The number of anilines is 1. The number of carbonyl (C=O) groups is 1. The maximum absolute atomic E-state index is 12.9. The van der Waals surface area contributed by atoms with Gasteiger partial charge in [0.05, 0.1) is 21.8 Å². The van der Waals surface area contributed by atoms with Crippen LogP contribution in [0.5, 0.6) is 5.75 Å². The average Bonchev–Trinajstić information content (AvgIpc) is 2.99. The number of aryl methyl sites for hydroxylation is 2. The second-order valence-electron chi connectivity index (χ2n) is 6.26. The van der Waals surface area contributed by atoms with Crippen molar-refractivity contribution in [3.63, 3.8) is 0 Å². The van der Waals surface area contributed by atoms with Crippen LogP contribution >= 0.6 is 11.6 Å². The first-order chi connectivity index (χ1) is 13.6. The van der Waals surface area contributed by atoms with Crippen molar-refractivity contribution in [2.75, 3.05) is 5.32 Å². The monoisotopic (exact) mass is 424 g/mol. The fraction of sp³-hybridized carbons (Fsp3) is 0.200. The molecule has 1 amide bonds. The Hall–Kier alpha value is -3.00. The number of rotatable bonds is 5. The van der Waals surface area contributed by atoms with E-state index in [0.717, 1.165) is 23.4 Å². The summed E-state index contributed by atoms with van der Waals surface area (Å²) in [6.45, 7) is 3.86. The standard InChI is InChI=1S/C20H16ClF3N2O3/c1-11-16(12(2)29-26-11)10-28-15-6-3-13(4-7-15)19(27)25-14-5-8-18(21)17(9-14)20(22,23)24/h3-9H,10H2,1-2H3,(H,25,27). The summed E-state index contributed by atoms with van der Waals surface area (Å²) in [5.74, 6) is 0.629. The smallest absolute Gasteiger partial charge is 0.417 e. The minimum Gasteiger partial charge on any atom is -0.489 e. The van der Waals surface area contributed by atoms with Crippen LogP contribution < -0.4 is 10.1 Å². The molecule has 0 spiro atoms. The zero-order chi connectivity index (χ0) is 21.2. The van der Waals surface area contributed by atoms with E-state index in [1.54, 1.807) is 19.1 Å². The molecule has 0 bridgehead atoms. The largest absolute Gasteiger partial charge is 0.489 e. The van der Waals surface area contributed by atoms with Gasteiger partial charge in [-0.3, -0.25) is 4.79 Å². The Balaban J connectivity index is 1.66. The van der Waals surface area contributed by atoms with Crippen LogP contribution in [0.2, 0.25) is 5.02 Å². The molecule has 2 aromatic carbocycles. The molecule has 0 atom stereocenters. The molecule has 5 nitrogen and oxygen atoms in total. The molecule has 0 unspecified atom stereocenters. The zero-order valence-electron chi connectivity index (χ0n) is 15.4. The predicted octanol–water partition coefficient (Wildman–Crippen LogP) is 5.79. The summed E-state index contributed by atoms with van der Waals surface area (Å²) in [6, 6.07) is 9.40. The molecule has 0 saturated carbocycles. The molecule has 3 rings (SSSR count). The second-order valence-corrected chi connectivity index (χ2v) is 6.67. The van der Waals surface area contributed by atoms with Gasteiger partial charge in [0.1, 0.15) is 18.1 Å². The van der Waals surface area contributed by atoms with Gasteiger partial charge in [0.2, 0.25) is 0 Å². The van der Waals surface area contributed by atoms with Crippen molar-refractivity contribution in [3.05, 3.63) is 75.6 Å². The molecule has 29 heavy (non-hydrogen) atoms. The van der Waals surface area contributed by atoms with Crippen molar-refractivity contribution in [1.29, 1.82) is 0 Å². The van der Waals surface area contributed by atoms with E-state index in [9.17, 15) is 18.0 Å². The minimum atomic E-state index is -4.61. The van der Waals surface area contributed by atoms with E-state index in [-0.39, 0.29) is 17.9 Å². The number of hydrogen-bond donors (Lipinski definition) is 1. The lowest BCUT2D eigenvalue weighted by Crippen LogP contribution is -2.13. The quantitative estimate of drug-likeness (QED) is 0.562. The molecule has 9 heteroatoms. The highest BCUT2D eigenvalue weighted by Gasteiger charge is 2.33. The number of hydrogen-bond acceptors (Lipinski definition) is 4. The summed E-state index contributed by atoms with van der Waals surface area (Å²) in [5.41, 5.74) is 0.818. The zero-order valence-corrected chi connectivity index (χ0v) is 16.2. The van der Waals surface area contributed by atoms with E-state index < -0.39 is 22.7 Å². The van der Waals surface area contributed by atoms with Crippen LogP contribution in [0.4, 0.5) is 18.9 Å². The lowest BCUT2D eigenvalue weighted by atomic mass is 10.1. The minimum absolute atomic E-state index is 0.00883. The normalized spacial score (nSPS) is 11.4. The van der Waals surface area contributed by atoms with Gasteiger partial charge in [0.25, 0.3) is 5.91 Å². The molecule has 0 radical (unpaired) electrons. The maximum atomic E-state index is 12.9. The fourth-order valence-electron chi connectivity index (χ4n) is 2.59. The number of ether oxygens (including phenoxy) is 1. The number of amides is 1. The molecule has 1 aromatic heterocycles. The number of nitrogens with zero attached hydrogens (tertiary/aromatic N) is 1. The lowest BCUT2D eigenvalue weighted by molar-refractivity contribution is -0.137. The van der Waals surface area contributed by atoms with Crippen LogP contribution in [0, 0.1) is 13.8 Å². The summed E-state index contributed by atoms with van der Waals surface area (Å²) in [4.78, 5) is 12.3. The van der Waals surface area contributed by atoms with Crippen molar-refractivity contribution in [1.82, 2.24) is 5.16 Å². The number of aromatic nitrogens is 1. The highest BCUT2D eigenvalue weighted by atomic mass is 35.5. The second kappa shape index (κ2) is 8.16. The van der Waals surface area contributed by atoms with Crippen LogP contribution in [0.3, 0.4) is 0 Å². The van der Waals surface area contributed by atoms with Gasteiger partial charge in [-0.1, -0.05) is 16.8 Å². The van der Waals surface area contributed by atoms with Crippen LogP contribution in [0.1, 0.15) is 32.9 Å². The number of alkyl halides is 3. The molecule has 1 heterocycles. The number of nitrogens with one attached hydrogen (secondary N) is 1. The first kappa shape index (κ1) is 20.7. The third kappa shape index (κ3) is 4.89. The van der Waals surface area contributed by atoms with Crippen LogP contribution in [-0.4, -0.2) is 11.1 Å². The summed E-state index contributed by atoms with van der Waals surface area (Å²) in [5, 5.41) is 5.84. The van der Waals surface area contributed by atoms with E-state index in [2.05, 4.69) is 10.5 Å². The van der Waals surface area contributed by atoms with Crippen molar-refractivity contribution >= 4 is 23.2 Å². The number of halogens is 4. The van der Waals surface area contributed by atoms with Crippen molar-refractivity contribution in [2.45, 2.75) is 26.6 Å². The van der Waals surface area contributed by atoms with Crippen LogP contribution in [0.25, 0.3) is 0 Å². The van der Waals surface area contributed by atoms with Gasteiger partial charge in [-0.05, 0) is 56.3 Å². The van der Waals surface area contributed by atoms with Crippen molar-refractivity contribution < 1.29 is 27.2 Å². The Kier molecular flexibility index (Phi) is 5.83. The van der Waals surface area contributed by atoms with E-state index in [0.29, 0.717) is 11.5 Å². The Morgan fingerprint density at radius 1 is 1.17 bits per heavy atom. The van der Waals surface area contributed by atoms with Gasteiger partial charge in [-0.25, -0.2) is 0 Å². The average molecular weight is 425 g/mol. The molecule has 0 aliphatic heterocycles. The summed E-state index contributed by atoms with van der Waals surface area (Å²) in [6.07, 6.45) is -4.61. The third-order valence-electron chi connectivity index (χ3n) is 4.21. The number of carbonyl (C=O) groups excluding carboxylic acids is 1. The first-order valence-corrected chi connectivity index (χ1v) is 8.85. The van der Waals surface area contributed by atoms with Gasteiger partial charge in [0, 0.05) is 11.3 Å². The molecule has 3 aromatic rings. The molecule has 0 aliphatic carbocycles. The molecule has 0 fully saturated rings. The third-order valence-corrected chi connectivity index (χ3v) is 4.54. The highest BCUT2D eigenvalue weighted by Crippen LogP contribution is 2.36. The summed E-state index contributed by atoms with van der Waals surface area (Å²) in [7, 11) is 0. The summed E-state index contributed by atoms with van der Waals surface area (Å²) < 4.78 is 49.5. The molecule has 152 valence electrons. The lowest BCUT2D eigenvalue weighted by Gasteiger charge is -2.12. The first-order valence-electron chi connectivity index (χ1n) is 8.48. The molecule has 1 N–H and O–H groups in total. The van der Waals surface area contributed by atoms with Gasteiger partial charge < -0.3 is 14.6 Å². The topological polar surface area (TPSA) is 64.4 Å². The molecular formula is C20H16ClF3N2O3. The SMILES string of the molecule is Cc1noc(C)c1COc1ccc(C(=O)Nc2ccc(Cl)c(C(F)(F)F)c2)cc1. The van der Waals surface area contributed by atoms with E-state index >= 15 is 0 Å². The van der Waals surface area contributed by atoms with E-state index in [4.69, 9.17) is 20.9 Å². The Bertz CT molecular complexity index is 1010. The van der Waals surface area contributed by atoms with Crippen LogP contribution in [0.15, 0.2) is 47.0 Å². The highest BCUT2D eigenvalue weighted by molar-refractivity contribution is 6.31. The van der Waals surface area contributed by atoms with Crippen molar-refractivity contribution in [3.8, 4) is 5.75 Å². The van der Waals surface area contributed by atoms with Gasteiger partial charge >= 0.3 is 6.18 Å². The van der Waals surface area contributed by atoms with Gasteiger partial charge in [-0.2, -0.15) is 13.2 Å².